The van der Waals surface area contributed by atoms with E-state index in [1.807, 2.05) is 87.6 Å². The van der Waals surface area contributed by atoms with Crippen molar-refractivity contribution in [3.05, 3.63) is 101 Å². The van der Waals surface area contributed by atoms with Gasteiger partial charge in [0.25, 0.3) is 0 Å². The standard InChI is InChI=1S/C41H55N5O5/c1-29(47)12-10-18-44-19-11-15-31(25-44)26-45-20-21-46(36(28-45)40(51)43-41(2,3)4)27-34(48)23-33(22-30-13-6-5-7-14-30)39(50)42-38-35-17-9-8-16-32(35)24-37(38)49/h5-9,11,13-17,19,25,33-34,36-38,48-49H,10,12,18,20-24,26-28H2,1-4H3,(H-,42,43,50,51)/p+1/t33-,34+,36+,37-,38+/m1/s1. The van der Waals surface area contributed by atoms with Crippen LogP contribution >= 0.6 is 0 Å². The second-order valence-corrected chi connectivity index (χ2v) is 15.5. The zero-order valence-electron chi connectivity index (χ0n) is 30.6. The van der Waals surface area contributed by atoms with E-state index in [4.69, 9.17) is 0 Å². The van der Waals surface area contributed by atoms with Crippen LogP contribution in [0.15, 0.2) is 79.1 Å². The molecule has 1 aliphatic carbocycles. The number of aromatic nitrogens is 1. The Morgan fingerprint density at radius 1 is 0.980 bits per heavy atom. The molecule has 1 saturated heterocycles. The highest BCUT2D eigenvalue weighted by Crippen LogP contribution is 2.32. The van der Waals surface area contributed by atoms with Crippen molar-refractivity contribution in [2.24, 2.45) is 5.92 Å². The summed E-state index contributed by atoms with van der Waals surface area (Å²) < 4.78 is 2.11. The predicted octanol–water partition coefficient (Wildman–Crippen LogP) is 3.13. The fourth-order valence-corrected chi connectivity index (χ4v) is 7.39. The van der Waals surface area contributed by atoms with Crippen LogP contribution in [0.5, 0.6) is 0 Å². The summed E-state index contributed by atoms with van der Waals surface area (Å²) in [4.78, 5) is 43.4. The summed E-state index contributed by atoms with van der Waals surface area (Å²) in [6, 6.07) is 20.7. The van der Waals surface area contributed by atoms with E-state index in [2.05, 4.69) is 37.3 Å². The van der Waals surface area contributed by atoms with E-state index in [0.29, 0.717) is 38.9 Å². The van der Waals surface area contributed by atoms with Crippen LogP contribution in [0.25, 0.3) is 0 Å². The molecule has 0 saturated carbocycles. The van der Waals surface area contributed by atoms with Gasteiger partial charge in [-0.1, -0.05) is 54.6 Å². The van der Waals surface area contributed by atoms with Crippen molar-refractivity contribution < 1.29 is 29.2 Å². The molecule has 3 aromatic rings. The van der Waals surface area contributed by atoms with Crippen molar-refractivity contribution in [1.82, 2.24) is 20.4 Å². The first-order chi connectivity index (χ1) is 24.3. The van der Waals surface area contributed by atoms with E-state index < -0.39 is 35.7 Å². The summed E-state index contributed by atoms with van der Waals surface area (Å²) in [5, 5.41) is 28.7. The van der Waals surface area contributed by atoms with Crippen molar-refractivity contribution >= 4 is 17.6 Å². The molecule has 2 heterocycles. The third-order valence-corrected chi connectivity index (χ3v) is 9.85. The molecule has 0 bridgehead atoms. The number of Topliss-reactive ketones (excluding diaryl/α,β-unsaturated/α-hetero) is 1. The second-order valence-electron chi connectivity index (χ2n) is 15.5. The Kier molecular flexibility index (Phi) is 13.1. The zero-order chi connectivity index (χ0) is 36.5. The molecule has 51 heavy (non-hydrogen) atoms. The van der Waals surface area contributed by atoms with Gasteiger partial charge in [0.05, 0.1) is 18.2 Å². The lowest BCUT2D eigenvalue weighted by Crippen LogP contribution is -2.62. The Balaban J connectivity index is 1.27. The zero-order valence-corrected chi connectivity index (χ0v) is 30.6. The number of aryl methyl sites for hydroxylation is 1. The van der Waals surface area contributed by atoms with E-state index in [0.717, 1.165) is 41.8 Å². The number of nitrogens with zero attached hydrogens (tertiary/aromatic N) is 3. The van der Waals surface area contributed by atoms with Crippen molar-refractivity contribution in [3.8, 4) is 0 Å². The number of β-amino-alcohol motifs (C(OH)–C–C–N with tert-alkyl or cyclic N) is 1. The molecule has 1 aromatic heterocycles. The molecular formula is C41H56N5O5+. The maximum Gasteiger partial charge on any atom is 0.239 e. The molecule has 5 rings (SSSR count). The maximum absolute atomic E-state index is 13.9. The van der Waals surface area contributed by atoms with Crippen LogP contribution in [0.1, 0.15) is 75.3 Å². The number of hydrogen-bond acceptors (Lipinski definition) is 7. The normalized spacial score (nSPS) is 20.7. The number of aliphatic hydroxyl groups excluding tert-OH is 2. The number of rotatable bonds is 15. The van der Waals surface area contributed by atoms with Crippen LogP contribution in [0.3, 0.4) is 0 Å². The average molecular weight is 699 g/mol. The van der Waals surface area contributed by atoms with Crippen molar-refractivity contribution in [1.29, 1.82) is 0 Å². The lowest BCUT2D eigenvalue weighted by atomic mass is 9.91. The number of amides is 2. The monoisotopic (exact) mass is 698 g/mol. The summed E-state index contributed by atoms with van der Waals surface area (Å²) in [5.41, 5.74) is 3.67. The molecule has 5 atom stereocenters. The number of carbonyl (C=O) groups is 3. The van der Waals surface area contributed by atoms with E-state index in [-0.39, 0.29) is 30.6 Å². The molecular weight excluding hydrogens is 642 g/mol. The Morgan fingerprint density at radius 3 is 2.45 bits per heavy atom. The van der Waals surface area contributed by atoms with Gasteiger partial charge in [0.2, 0.25) is 11.8 Å². The number of nitrogens with one attached hydrogen (secondary N) is 2. The topological polar surface area (TPSA) is 126 Å². The SMILES string of the molecule is CC(=O)CCC[n+]1cccc(CN2CCN(C[C@@H](O)C[C@@H](Cc3ccccc3)C(=O)N[C@H]3c4ccccc4C[C@H]3O)[C@H](C(=O)NC(C)(C)C)C2)c1. The number of fused-ring (bicyclic) bond motifs is 1. The molecule has 4 N–H and O–H groups in total. The minimum Gasteiger partial charge on any atom is -0.392 e. The molecule has 2 amide bonds. The van der Waals surface area contributed by atoms with Gasteiger partial charge >= 0.3 is 0 Å². The fourth-order valence-electron chi connectivity index (χ4n) is 7.39. The summed E-state index contributed by atoms with van der Waals surface area (Å²) >= 11 is 0. The first-order valence-corrected chi connectivity index (χ1v) is 18.4. The molecule has 1 aliphatic heterocycles. The largest absolute Gasteiger partial charge is 0.392 e. The number of piperazine rings is 1. The average Bonchev–Trinajstić information content (AvgIpc) is 3.39. The Labute approximate surface area is 302 Å². The molecule has 2 aliphatic rings. The minimum absolute atomic E-state index is 0.0841. The Morgan fingerprint density at radius 2 is 1.71 bits per heavy atom. The highest BCUT2D eigenvalue weighted by Gasteiger charge is 2.37. The quantitative estimate of drug-likeness (QED) is 0.180. The number of carbonyl (C=O) groups excluding carboxylic acids is 3. The highest BCUT2D eigenvalue weighted by atomic mass is 16.3. The van der Waals surface area contributed by atoms with E-state index >= 15 is 0 Å². The molecule has 10 nitrogen and oxygen atoms in total. The van der Waals surface area contributed by atoms with Gasteiger partial charge in [-0.05, 0) is 63.3 Å². The van der Waals surface area contributed by atoms with Crippen LogP contribution in [-0.2, 0) is 40.3 Å². The molecule has 10 heteroatoms. The van der Waals surface area contributed by atoms with Gasteiger partial charge in [-0.15, -0.1) is 0 Å². The van der Waals surface area contributed by atoms with E-state index in [9.17, 15) is 24.6 Å². The van der Waals surface area contributed by atoms with Crippen LogP contribution in [0.2, 0.25) is 0 Å². The van der Waals surface area contributed by atoms with Crippen molar-refractivity contribution in [3.63, 3.8) is 0 Å². The summed E-state index contributed by atoms with van der Waals surface area (Å²) in [6.07, 6.45) is 5.07. The van der Waals surface area contributed by atoms with Gasteiger partial charge in [0, 0.05) is 75.1 Å². The van der Waals surface area contributed by atoms with Crippen LogP contribution in [0.4, 0.5) is 0 Å². The van der Waals surface area contributed by atoms with Crippen molar-refractivity contribution in [2.75, 3.05) is 26.2 Å². The summed E-state index contributed by atoms with van der Waals surface area (Å²) in [5.74, 6) is -0.629. The molecule has 1 fully saturated rings. The third kappa shape index (κ3) is 11.3. The summed E-state index contributed by atoms with van der Waals surface area (Å²) in [6.45, 7) is 11.0. The molecule has 274 valence electrons. The van der Waals surface area contributed by atoms with E-state index in [1.165, 1.54) is 0 Å². The lowest BCUT2D eigenvalue weighted by molar-refractivity contribution is -0.697. The molecule has 0 radical (unpaired) electrons. The maximum atomic E-state index is 13.9. The molecule has 0 unspecified atom stereocenters. The minimum atomic E-state index is -0.857. The molecule has 2 aromatic carbocycles. The number of benzene rings is 2. The number of aliphatic hydroxyl groups is 2. The van der Waals surface area contributed by atoms with Gasteiger partial charge in [-0.3, -0.25) is 19.4 Å². The first kappa shape index (κ1) is 38.3. The van der Waals surface area contributed by atoms with Crippen molar-refractivity contribution in [2.45, 2.75) is 103 Å². The first-order valence-electron chi connectivity index (χ1n) is 18.4. The Hall–Kier alpha value is -3.96. The smallest absolute Gasteiger partial charge is 0.239 e. The third-order valence-electron chi connectivity index (χ3n) is 9.85. The number of hydrogen-bond donors (Lipinski definition) is 4. The van der Waals surface area contributed by atoms with E-state index in [1.54, 1.807) is 6.92 Å². The van der Waals surface area contributed by atoms with Gasteiger partial charge in [0.15, 0.2) is 12.4 Å². The number of ketones is 1. The van der Waals surface area contributed by atoms with Gasteiger partial charge in [-0.2, -0.15) is 0 Å². The second kappa shape index (κ2) is 17.5. The van der Waals surface area contributed by atoms with Gasteiger partial charge in [0.1, 0.15) is 18.4 Å². The van der Waals surface area contributed by atoms with Gasteiger partial charge < -0.3 is 25.6 Å². The highest BCUT2D eigenvalue weighted by molar-refractivity contribution is 5.83. The van der Waals surface area contributed by atoms with Crippen LogP contribution in [-0.4, -0.2) is 87.6 Å². The number of pyridine rings is 1. The molecule has 0 spiro atoms. The Bertz CT molecular complexity index is 1630. The summed E-state index contributed by atoms with van der Waals surface area (Å²) in [7, 11) is 0. The predicted molar refractivity (Wildman–Crippen MR) is 196 cm³/mol. The van der Waals surface area contributed by atoms with Crippen LogP contribution in [0, 0.1) is 5.92 Å². The fraction of sp³-hybridized carbons (Fsp3) is 0.512. The van der Waals surface area contributed by atoms with Crippen LogP contribution < -0.4 is 15.2 Å². The lowest BCUT2D eigenvalue weighted by Gasteiger charge is -2.42. The van der Waals surface area contributed by atoms with Gasteiger partial charge in [-0.25, -0.2) is 4.57 Å².